The van der Waals surface area contributed by atoms with Gasteiger partial charge in [-0.1, -0.05) is 16.8 Å². The van der Waals surface area contributed by atoms with E-state index < -0.39 is 6.10 Å². The van der Waals surface area contributed by atoms with Crippen molar-refractivity contribution >= 4 is 17.4 Å². The third-order valence-corrected chi connectivity index (χ3v) is 9.05. The van der Waals surface area contributed by atoms with Gasteiger partial charge in [0, 0.05) is 48.8 Å². The van der Waals surface area contributed by atoms with Gasteiger partial charge in [0.1, 0.15) is 30.0 Å². The Balaban J connectivity index is 1.37. The number of aromatic nitrogens is 3. The normalized spacial score (nSPS) is 22.0. The lowest BCUT2D eigenvalue weighted by molar-refractivity contribution is 0.108. The van der Waals surface area contributed by atoms with Crippen molar-refractivity contribution in [2.24, 2.45) is 5.41 Å². The second kappa shape index (κ2) is 10.9. The molecule has 1 aliphatic carbocycles. The van der Waals surface area contributed by atoms with Gasteiger partial charge < -0.3 is 24.6 Å². The molecule has 0 amide bonds. The van der Waals surface area contributed by atoms with Crippen LogP contribution in [-0.4, -0.2) is 83.7 Å². The summed E-state index contributed by atoms with van der Waals surface area (Å²) in [5.74, 6) is 2.81. The minimum atomic E-state index is -0.619. The summed E-state index contributed by atoms with van der Waals surface area (Å²) in [6.45, 7) is 10.9. The number of likely N-dealkylation sites (N-methyl/N-ethyl adjacent to an activating group) is 1. The number of halogens is 1. The second-order valence-electron chi connectivity index (χ2n) is 11.8. The van der Waals surface area contributed by atoms with Crippen molar-refractivity contribution in [1.29, 1.82) is 0 Å². The first kappa shape index (κ1) is 27.4. The molecule has 1 spiro atoms. The number of hydrogen-bond donors (Lipinski definition) is 2. The van der Waals surface area contributed by atoms with Gasteiger partial charge in [-0.2, -0.15) is 0 Å². The molecule has 40 heavy (non-hydrogen) atoms. The fraction of sp³-hybridized carbons (Fsp3) is 0.567. The number of ether oxygens (including phenoxy) is 1. The van der Waals surface area contributed by atoms with Crippen molar-refractivity contribution in [3.8, 4) is 28.4 Å². The summed E-state index contributed by atoms with van der Waals surface area (Å²) < 4.78 is 11.4. The number of aryl methyl sites for hydroxylation is 2. The van der Waals surface area contributed by atoms with Gasteiger partial charge in [-0.3, -0.25) is 4.90 Å². The molecule has 2 atom stereocenters. The highest BCUT2D eigenvalue weighted by Gasteiger charge is 2.47. The lowest BCUT2D eigenvalue weighted by Gasteiger charge is -2.26. The van der Waals surface area contributed by atoms with Crippen LogP contribution < -0.4 is 15.0 Å². The fourth-order valence-corrected chi connectivity index (χ4v) is 6.62. The summed E-state index contributed by atoms with van der Waals surface area (Å²) >= 11 is 6.74. The van der Waals surface area contributed by atoms with Crippen LogP contribution in [0.4, 0.5) is 5.82 Å². The zero-order valence-corrected chi connectivity index (χ0v) is 24.6. The number of hydrogen-bond acceptors (Lipinski definition) is 9. The molecule has 2 saturated heterocycles. The smallest absolute Gasteiger partial charge is 0.163 e. The molecule has 2 N–H and O–H groups in total. The summed E-state index contributed by atoms with van der Waals surface area (Å²) in [5.41, 5.74) is 4.54. The first-order valence-electron chi connectivity index (χ1n) is 14.3. The van der Waals surface area contributed by atoms with Gasteiger partial charge in [0.15, 0.2) is 5.82 Å². The van der Waals surface area contributed by atoms with Gasteiger partial charge >= 0.3 is 0 Å². The van der Waals surface area contributed by atoms with Crippen LogP contribution in [0, 0.1) is 26.2 Å². The molecule has 3 aliphatic rings. The fourth-order valence-electron chi connectivity index (χ4n) is 6.42. The van der Waals surface area contributed by atoms with Crippen molar-refractivity contribution in [2.75, 3.05) is 51.3 Å². The van der Waals surface area contributed by atoms with Crippen LogP contribution in [-0.2, 0) is 0 Å². The molecule has 4 heterocycles. The molecule has 1 aromatic carbocycles. The Hall–Kier alpha value is -2.72. The predicted octanol–water partition coefficient (Wildman–Crippen LogP) is 4.40. The summed E-state index contributed by atoms with van der Waals surface area (Å²) in [5, 5.41) is 17.8. The number of rotatable bonds is 9. The van der Waals surface area contributed by atoms with E-state index in [4.69, 9.17) is 30.8 Å². The van der Waals surface area contributed by atoms with E-state index in [1.165, 1.54) is 38.8 Å². The maximum Gasteiger partial charge on any atom is 0.163 e. The SMILES string of the molecule is CNC[C@@H](O)COc1ccc(Cl)c(-c2nc(-c3c(C)noc3C)c(C)c(N3CCC4(CCN(C5CC5)C4)C3)n2)c1. The molecule has 6 rings (SSSR count). The molecule has 1 unspecified atom stereocenters. The van der Waals surface area contributed by atoms with E-state index in [1.807, 2.05) is 19.9 Å². The second-order valence-corrected chi connectivity index (χ2v) is 12.2. The molecule has 3 fully saturated rings. The van der Waals surface area contributed by atoms with Crippen molar-refractivity contribution in [1.82, 2.24) is 25.3 Å². The Labute approximate surface area is 240 Å². The molecule has 214 valence electrons. The molecule has 2 aromatic heterocycles. The summed E-state index contributed by atoms with van der Waals surface area (Å²) in [7, 11) is 1.80. The van der Waals surface area contributed by atoms with E-state index in [2.05, 4.69) is 27.2 Å². The van der Waals surface area contributed by atoms with Crippen molar-refractivity contribution in [2.45, 2.75) is 58.6 Å². The van der Waals surface area contributed by atoms with Crippen LogP contribution in [0.15, 0.2) is 22.7 Å². The molecule has 0 radical (unpaired) electrons. The molecular formula is C30H39ClN6O3. The number of anilines is 1. The minimum absolute atomic E-state index is 0.167. The lowest BCUT2D eigenvalue weighted by Crippen LogP contribution is -2.32. The van der Waals surface area contributed by atoms with Crippen molar-refractivity contribution < 1.29 is 14.4 Å². The van der Waals surface area contributed by atoms with Crippen LogP contribution in [0.5, 0.6) is 5.75 Å². The van der Waals surface area contributed by atoms with E-state index in [9.17, 15) is 5.11 Å². The van der Waals surface area contributed by atoms with Crippen LogP contribution in [0.1, 0.15) is 42.7 Å². The quantitative estimate of drug-likeness (QED) is 0.390. The van der Waals surface area contributed by atoms with Gasteiger partial charge in [-0.15, -0.1) is 0 Å². The Kier molecular flexibility index (Phi) is 7.50. The molecule has 3 aromatic rings. The number of aliphatic hydroxyl groups excluding tert-OH is 1. The minimum Gasteiger partial charge on any atom is -0.491 e. The Morgan fingerprint density at radius 2 is 1.98 bits per heavy atom. The number of likely N-dealkylation sites (tertiary alicyclic amines) is 1. The lowest BCUT2D eigenvalue weighted by atomic mass is 9.86. The van der Waals surface area contributed by atoms with Crippen LogP contribution in [0.25, 0.3) is 22.6 Å². The van der Waals surface area contributed by atoms with Crippen molar-refractivity contribution in [3.05, 3.63) is 40.2 Å². The highest BCUT2D eigenvalue weighted by Crippen LogP contribution is 2.46. The zero-order chi connectivity index (χ0) is 28.0. The number of benzene rings is 1. The summed E-state index contributed by atoms with van der Waals surface area (Å²) in [6, 6.07) is 6.27. The van der Waals surface area contributed by atoms with E-state index in [0.717, 1.165) is 53.2 Å². The average molecular weight is 567 g/mol. The van der Waals surface area contributed by atoms with E-state index in [1.54, 1.807) is 19.2 Å². The van der Waals surface area contributed by atoms with E-state index in [-0.39, 0.29) is 6.61 Å². The van der Waals surface area contributed by atoms with E-state index in [0.29, 0.717) is 34.1 Å². The molecular weight excluding hydrogens is 528 g/mol. The number of aliphatic hydroxyl groups is 1. The topological polar surface area (TPSA) is 99.8 Å². The van der Waals surface area contributed by atoms with Gasteiger partial charge in [-0.05, 0) is 78.2 Å². The maximum atomic E-state index is 10.1. The number of nitrogens with zero attached hydrogens (tertiary/aromatic N) is 5. The first-order valence-corrected chi connectivity index (χ1v) is 14.7. The highest BCUT2D eigenvalue weighted by molar-refractivity contribution is 6.33. The molecule has 1 saturated carbocycles. The summed E-state index contributed by atoms with van der Waals surface area (Å²) in [6.07, 6.45) is 4.51. The van der Waals surface area contributed by atoms with Crippen LogP contribution in [0.2, 0.25) is 5.02 Å². The highest BCUT2D eigenvalue weighted by atomic mass is 35.5. The molecule has 10 heteroatoms. The Morgan fingerprint density at radius 1 is 1.18 bits per heavy atom. The standard InChI is InChI=1S/C30H39ClN6O3/c1-18-27(26-19(2)35-40-20(26)3)33-28(24-13-23(7-8-25(24)31)39-15-22(38)14-32-4)34-29(18)37-12-10-30(17-37)9-11-36(16-30)21-5-6-21/h7-8,13,21-22,32,38H,5-6,9-12,14-17H2,1-4H3/t22-,30?/m1/s1. The van der Waals surface area contributed by atoms with Crippen molar-refractivity contribution in [3.63, 3.8) is 0 Å². The third-order valence-electron chi connectivity index (χ3n) is 8.72. The summed E-state index contributed by atoms with van der Waals surface area (Å²) in [4.78, 5) is 15.4. The van der Waals surface area contributed by atoms with Gasteiger partial charge in [0.25, 0.3) is 0 Å². The van der Waals surface area contributed by atoms with Gasteiger partial charge in [0.05, 0.1) is 22.0 Å². The monoisotopic (exact) mass is 566 g/mol. The average Bonchev–Trinajstić information content (AvgIpc) is 3.45. The maximum absolute atomic E-state index is 10.1. The van der Waals surface area contributed by atoms with E-state index >= 15 is 0 Å². The third kappa shape index (κ3) is 5.32. The van der Waals surface area contributed by atoms with Gasteiger partial charge in [0.2, 0.25) is 0 Å². The Morgan fingerprint density at radius 3 is 2.70 bits per heavy atom. The first-order chi connectivity index (χ1) is 19.3. The largest absolute Gasteiger partial charge is 0.491 e. The predicted molar refractivity (Wildman–Crippen MR) is 156 cm³/mol. The number of nitrogens with one attached hydrogen (secondary N) is 1. The molecule has 2 aliphatic heterocycles. The van der Waals surface area contributed by atoms with Crippen LogP contribution in [0.3, 0.4) is 0 Å². The zero-order valence-electron chi connectivity index (χ0n) is 23.8. The Bertz CT molecular complexity index is 1370. The molecule has 9 nitrogen and oxygen atoms in total. The molecule has 0 bridgehead atoms. The van der Waals surface area contributed by atoms with Crippen LogP contribution >= 0.6 is 11.6 Å². The van der Waals surface area contributed by atoms with Gasteiger partial charge in [-0.25, -0.2) is 9.97 Å².